The fraction of sp³-hybridized carbons (Fsp3) is 0.167. The summed E-state index contributed by atoms with van der Waals surface area (Å²) in [5, 5.41) is 0. The van der Waals surface area contributed by atoms with Crippen LogP contribution < -0.4 is 0 Å². The van der Waals surface area contributed by atoms with Gasteiger partial charge in [-0.1, -0.05) is 24.1 Å². The Hall–Kier alpha value is -2.22. The highest BCUT2D eigenvalue weighted by molar-refractivity contribution is 6.12. The van der Waals surface area contributed by atoms with Crippen molar-refractivity contribution in [3.8, 4) is 12.3 Å². The van der Waals surface area contributed by atoms with Crippen LogP contribution in [0.3, 0.4) is 0 Å². The Balaban J connectivity index is 2.63. The SMILES string of the molecule is C#CCN1C(=O)c2ccccc2C(F)(F)C1=O. The fourth-order valence-electron chi connectivity index (χ4n) is 1.70. The third-order valence-corrected chi connectivity index (χ3v) is 2.50. The van der Waals surface area contributed by atoms with E-state index in [0.717, 1.165) is 6.07 Å². The molecule has 1 aliphatic heterocycles. The maximum atomic E-state index is 13.7. The number of rotatable bonds is 1. The maximum absolute atomic E-state index is 13.7. The molecule has 2 rings (SSSR count). The van der Waals surface area contributed by atoms with E-state index in [2.05, 4.69) is 0 Å². The van der Waals surface area contributed by atoms with Gasteiger partial charge in [0, 0.05) is 11.1 Å². The number of hydrogen-bond acceptors (Lipinski definition) is 2. The molecule has 0 atom stereocenters. The highest BCUT2D eigenvalue weighted by atomic mass is 19.3. The summed E-state index contributed by atoms with van der Waals surface area (Å²) in [6.07, 6.45) is 4.95. The summed E-state index contributed by atoms with van der Waals surface area (Å²) < 4.78 is 27.5. The number of amides is 2. The second-order valence-corrected chi connectivity index (χ2v) is 3.52. The van der Waals surface area contributed by atoms with Crippen molar-refractivity contribution < 1.29 is 18.4 Å². The highest BCUT2D eigenvalue weighted by Gasteiger charge is 2.52. The number of nitrogens with zero attached hydrogens (tertiary/aromatic N) is 1. The predicted octanol–water partition coefficient (Wildman–Crippen LogP) is 1.39. The Morgan fingerprint density at radius 2 is 1.94 bits per heavy atom. The summed E-state index contributed by atoms with van der Waals surface area (Å²) >= 11 is 0. The van der Waals surface area contributed by atoms with E-state index in [1.807, 2.05) is 5.92 Å². The van der Waals surface area contributed by atoms with Crippen molar-refractivity contribution in [3.05, 3.63) is 35.4 Å². The minimum Gasteiger partial charge on any atom is -0.269 e. The molecule has 0 saturated carbocycles. The summed E-state index contributed by atoms with van der Waals surface area (Å²) in [5.74, 6) is -4.04. The summed E-state index contributed by atoms with van der Waals surface area (Å²) in [5.41, 5.74) is -0.754. The number of imide groups is 1. The first kappa shape index (κ1) is 11.3. The zero-order valence-corrected chi connectivity index (χ0v) is 8.61. The van der Waals surface area contributed by atoms with Crippen molar-refractivity contribution in [1.29, 1.82) is 0 Å². The molecule has 2 amide bonds. The van der Waals surface area contributed by atoms with Crippen LogP contribution in [0.25, 0.3) is 0 Å². The molecule has 0 aromatic heterocycles. The van der Waals surface area contributed by atoms with Gasteiger partial charge in [-0.2, -0.15) is 8.78 Å². The number of halogens is 2. The van der Waals surface area contributed by atoms with Crippen molar-refractivity contribution in [2.75, 3.05) is 6.54 Å². The zero-order chi connectivity index (χ0) is 12.6. The van der Waals surface area contributed by atoms with E-state index in [0.29, 0.717) is 4.90 Å². The summed E-state index contributed by atoms with van der Waals surface area (Å²) in [6, 6.07) is 5.13. The molecule has 1 aliphatic rings. The van der Waals surface area contributed by atoms with Gasteiger partial charge in [-0.15, -0.1) is 6.42 Å². The Kier molecular flexibility index (Phi) is 2.43. The molecule has 0 saturated heterocycles. The topological polar surface area (TPSA) is 37.4 Å². The van der Waals surface area contributed by atoms with E-state index in [9.17, 15) is 18.4 Å². The van der Waals surface area contributed by atoms with Crippen LogP contribution in [0.1, 0.15) is 15.9 Å². The molecule has 0 N–H and O–H groups in total. The number of alkyl halides is 2. The zero-order valence-electron chi connectivity index (χ0n) is 8.61. The van der Waals surface area contributed by atoms with Gasteiger partial charge in [0.2, 0.25) is 0 Å². The van der Waals surface area contributed by atoms with Gasteiger partial charge in [0.15, 0.2) is 0 Å². The van der Waals surface area contributed by atoms with Gasteiger partial charge in [-0.05, 0) is 6.07 Å². The van der Waals surface area contributed by atoms with E-state index in [4.69, 9.17) is 6.42 Å². The van der Waals surface area contributed by atoms with Gasteiger partial charge in [-0.25, -0.2) is 0 Å². The third-order valence-electron chi connectivity index (χ3n) is 2.50. The average molecular weight is 235 g/mol. The normalized spacial score (nSPS) is 17.6. The molecular weight excluding hydrogens is 228 g/mol. The maximum Gasteiger partial charge on any atom is 0.351 e. The molecular formula is C12H7F2NO2. The minimum absolute atomic E-state index is 0.188. The monoisotopic (exact) mass is 235 g/mol. The molecule has 3 nitrogen and oxygen atoms in total. The van der Waals surface area contributed by atoms with Crippen molar-refractivity contribution in [2.24, 2.45) is 0 Å². The lowest BCUT2D eigenvalue weighted by molar-refractivity contribution is -0.156. The van der Waals surface area contributed by atoms with Crippen molar-refractivity contribution in [1.82, 2.24) is 4.90 Å². The fourth-order valence-corrected chi connectivity index (χ4v) is 1.70. The largest absolute Gasteiger partial charge is 0.351 e. The molecule has 0 fully saturated rings. The summed E-state index contributed by atoms with van der Waals surface area (Å²) in [6.45, 7) is -0.457. The predicted molar refractivity (Wildman–Crippen MR) is 55.2 cm³/mol. The van der Waals surface area contributed by atoms with Crippen LogP contribution in [0.4, 0.5) is 8.78 Å². The van der Waals surface area contributed by atoms with Gasteiger partial charge < -0.3 is 0 Å². The Labute approximate surface area is 96.0 Å². The second kappa shape index (κ2) is 3.67. The number of terminal acetylenes is 1. The number of carbonyl (C=O) groups is 2. The molecule has 0 aliphatic carbocycles. The number of benzene rings is 1. The lowest BCUT2D eigenvalue weighted by Gasteiger charge is -2.30. The number of carbonyl (C=O) groups excluding carboxylic acids is 2. The van der Waals surface area contributed by atoms with Gasteiger partial charge in [0.25, 0.3) is 5.91 Å². The van der Waals surface area contributed by atoms with E-state index < -0.39 is 29.8 Å². The number of hydrogen-bond donors (Lipinski definition) is 0. The molecule has 17 heavy (non-hydrogen) atoms. The van der Waals surface area contributed by atoms with Crippen LogP contribution in [0.2, 0.25) is 0 Å². The van der Waals surface area contributed by atoms with E-state index >= 15 is 0 Å². The molecule has 86 valence electrons. The van der Waals surface area contributed by atoms with Crippen LogP contribution in [-0.4, -0.2) is 23.3 Å². The molecule has 0 radical (unpaired) electrons. The smallest absolute Gasteiger partial charge is 0.269 e. The first-order chi connectivity index (χ1) is 8.00. The molecule has 0 spiro atoms. The van der Waals surface area contributed by atoms with Gasteiger partial charge in [0.05, 0.1) is 6.54 Å². The van der Waals surface area contributed by atoms with Crippen LogP contribution in [0.15, 0.2) is 24.3 Å². The van der Waals surface area contributed by atoms with Crippen molar-refractivity contribution in [3.63, 3.8) is 0 Å². The standard InChI is InChI=1S/C12H7F2NO2/c1-2-7-15-10(16)8-5-3-4-6-9(8)12(13,14)11(15)17/h1,3-6H,7H2. The first-order valence-electron chi connectivity index (χ1n) is 4.77. The number of fused-ring (bicyclic) bond motifs is 1. The highest BCUT2D eigenvalue weighted by Crippen LogP contribution is 2.37. The Morgan fingerprint density at radius 1 is 1.29 bits per heavy atom. The van der Waals surface area contributed by atoms with Crippen LogP contribution >= 0.6 is 0 Å². The van der Waals surface area contributed by atoms with Crippen molar-refractivity contribution in [2.45, 2.75) is 5.92 Å². The third kappa shape index (κ3) is 1.49. The summed E-state index contributed by atoms with van der Waals surface area (Å²) in [4.78, 5) is 23.6. The Morgan fingerprint density at radius 3 is 2.59 bits per heavy atom. The molecule has 5 heteroatoms. The van der Waals surface area contributed by atoms with Crippen molar-refractivity contribution >= 4 is 11.8 Å². The lowest BCUT2D eigenvalue weighted by Crippen LogP contribution is -2.50. The lowest BCUT2D eigenvalue weighted by atomic mass is 9.95. The quantitative estimate of drug-likeness (QED) is 0.545. The Bertz CT molecular complexity index is 546. The van der Waals surface area contributed by atoms with Gasteiger partial charge in [0.1, 0.15) is 0 Å². The molecule has 0 unspecified atom stereocenters. The molecule has 1 heterocycles. The van der Waals surface area contributed by atoms with Gasteiger partial charge >= 0.3 is 11.8 Å². The second-order valence-electron chi connectivity index (χ2n) is 3.52. The van der Waals surface area contributed by atoms with Gasteiger partial charge in [-0.3, -0.25) is 14.5 Å². The molecule has 0 bridgehead atoms. The average Bonchev–Trinajstić information content (AvgIpc) is 2.33. The molecule has 1 aromatic rings. The van der Waals surface area contributed by atoms with Crippen LogP contribution in [0, 0.1) is 12.3 Å². The van der Waals surface area contributed by atoms with E-state index in [1.54, 1.807) is 0 Å². The minimum atomic E-state index is -3.71. The summed E-state index contributed by atoms with van der Waals surface area (Å²) in [7, 11) is 0. The van der Waals surface area contributed by atoms with E-state index in [1.165, 1.54) is 18.2 Å². The van der Waals surface area contributed by atoms with Crippen LogP contribution in [0.5, 0.6) is 0 Å². The molecule has 1 aromatic carbocycles. The first-order valence-corrected chi connectivity index (χ1v) is 4.77. The van der Waals surface area contributed by atoms with Crippen LogP contribution in [-0.2, 0) is 10.7 Å². The van der Waals surface area contributed by atoms with E-state index in [-0.39, 0.29) is 5.56 Å².